The van der Waals surface area contributed by atoms with Crippen molar-refractivity contribution in [3.05, 3.63) is 104 Å². The Morgan fingerprint density at radius 1 is 0.488 bits per heavy atom. The molecule has 3 aliphatic rings. The second-order valence-corrected chi connectivity index (χ2v) is 37.8. The smallest absolute Gasteiger partial charge is 0.244 e. The highest BCUT2D eigenvalue weighted by Gasteiger charge is 2.38. The summed E-state index contributed by atoms with van der Waals surface area (Å²) in [4.78, 5) is 22.3. The van der Waals surface area contributed by atoms with Gasteiger partial charge in [0.15, 0.2) is 0 Å². The van der Waals surface area contributed by atoms with Gasteiger partial charge in [-0.15, -0.1) is 90.7 Å². The Hall–Kier alpha value is -2.37. The van der Waals surface area contributed by atoms with Crippen LogP contribution in [-0.2, 0) is 23.0 Å². The summed E-state index contributed by atoms with van der Waals surface area (Å²) in [6.07, 6.45) is 7.66. The molecule has 1 unspecified atom stereocenters. The molecule has 0 radical (unpaired) electrons. The van der Waals surface area contributed by atoms with Crippen LogP contribution >= 0.6 is 90.7 Å². The van der Waals surface area contributed by atoms with Crippen LogP contribution in [-0.4, -0.2) is 29.5 Å². The third-order valence-electron chi connectivity index (χ3n) is 15.6. The van der Waals surface area contributed by atoms with Gasteiger partial charge in [0, 0.05) is 84.4 Å². The Morgan fingerprint density at radius 3 is 1.36 bits per heavy atom. The van der Waals surface area contributed by atoms with E-state index in [2.05, 4.69) is 205 Å². The van der Waals surface area contributed by atoms with E-state index in [1.165, 1.54) is 98.1 Å². The molecule has 2 aliphatic heterocycles. The van der Waals surface area contributed by atoms with E-state index in [1.807, 2.05) is 99.3 Å². The fraction of sp³-hybridized carbons (Fsp3) is 0.600. The van der Waals surface area contributed by atoms with Crippen LogP contribution in [0.25, 0.3) is 28.3 Å². The number of allylic oxidation sites excluding steroid dienone is 2. The number of thiazole rings is 1. The molecular formula is C70H103N3O2S9. The number of thiophene rings is 7. The monoisotopic (exact) mass is 1310 g/mol. The Balaban J connectivity index is 0.000000162. The van der Waals surface area contributed by atoms with E-state index in [0.717, 1.165) is 33.9 Å². The molecule has 84 heavy (non-hydrogen) atoms. The van der Waals surface area contributed by atoms with Crippen molar-refractivity contribution in [2.24, 2.45) is 28.7 Å². The lowest BCUT2D eigenvalue weighted by Crippen LogP contribution is -2.31. The zero-order valence-corrected chi connectivity index (χ0v) is 62.8. The molecule has 8 aromatic rings. The van der Waals surface area contributed by atoms with E-state index in [9.17, 15) is 8.42 Å². The molecule has 1 atom stereocenters. The van der Waals surface area contributed by atoms with Crippen LogP contribution in [0.15, 0.2) is 64.0 Å². The quantitative estimate of drug-likeness (QED) is 0.115. The van der Waals surface area contributed by atoms with Gasteiger partial charge in [-0.2, -0.15) is 4.31 Å². The largest absolute Gasteiger partial charge is 0.246 e. The van der Waals surface area contributed by atoms with Crippen molar-refractivity contribution in [3.8, 4) is 0 Å². The minimum atomic E-state index is -3.21. The Bertz CT molecular complexity index is 3110. The first-order valence-electron chi connectivity index (χ1n) is 31.3. The van der Waals surface area contributed by atoms with Gasteiger partial charge in [-0.3, -0.25) is 0 Å². The van der Waals surface area contributed by atoms with Gasteiger partial charge in [0.2, 0.25) is 10.0 Å². The first-order chi connectivity index (χ1) is 39.2. The average molecular weight is 1310 g/mol. The van der Waals surface area contributed by atoms with Gasteiger partial charge >= 0.3 is 0 Å². The number of hydrogen-bond acceptors (Lipinski definition) is 12. The van der Waals surface area contributed by atoms with Gasteiger partial charge in [-0.1, -0.05) is 164 Å². The fourth-order valence-electron chi connectivity index (χ4n) is 9.70. The third kappa shape index (κ3) is 18.4. The van der Waals surface area contributed by atoms with Crippen LogP contribution in [0.4, 0.5) is 5.00 Å². The van der Waals surface area contributed by atoms with Crippen molar-refractivity contribution in [1.82, 2.24) is 9.29 Å². The predicted molar refractivity (Wildman–Crippen MR) is 387 cm³/mol. The first kappa shape index (κ1) is 70.7. The molecule has 10 heterocycles. The van der Waals surface area contributed by atoms with Crippen molar-refractivity contribution >= 4 is 140 Å². The third-order valence-corrected chi connectivity index (χ3v) is 29.3. The molecule has 1 aliphatic carbocycles. The zero-order valence-electron chi connectivity index (χ0n) is 55.5. The van der Waals surface area contributed by atoms with Crippen molar-refractivity contribution < 1.29 is 8.42 Å². The minimum Gasteiger partial charge on any atom is -0.246 e. The summed E-state index contributed by atoms with van der Waals surface area (Å²) in [6, 6.07) is 16.0. The molecular weight excluding hydrogens is 1200 g/mol. The highest BCUT2D eigenvalue weighted by Crippen LogP contribution is 2.44. The van der Waals surface area contributed by atoms with E-state index >= 15 is 0 Å². The van der Waals surface area contributed by atoms with Gasteiger partial charge in [0.25, 0.3) is 0 Å². The van der Waals surface area contributed by atoms with Crippen molar-refractivity contribution in [3.63, 3.8) is 0 Å². The van der Waals surface area contributed by atoms with E-state index in [4.69, 9.17) is 0 Å². The summed E-state index contributed by atoms with van der Waals surface area (Å²) in [7, 11) is -3.21. The first-order valence-corrected chi connectivity index (χ1v) is 39.2. The Kier molecular flexibility index (Phi) is 26.0. The molecule has 0 N–H and O–H groups in total. The summed E-state index contributed by atoms with van der Waals surface area (Å²) in [6.45, 7) is 53.8. The number of hydrogen-bond donors (Lipinski definition) is 0. The minimum absolute atomic E-state index is 0.0344. The summed E-state index contributed by atoms with van der Waals surface area (Å²) >= 11 is 15.0. The van der Waals surface area contributed by atoms with Gasteiger partial charge < -0.3 is 0 Å². The molecule has 8 aromatic heterocycles. The normalized spacial score (nSPS) is 15.9. The van der Waals surface area contributed by atoms with Gasteiger partial charge in [-0.25, -0.2) is 18.4 Å². The van der Waals surface area contributed by atoms with Gasteiger partial charge in [0.05, 0.1) is 18.6 Å². The standard InChI is InChI=1S/C12H17NS.2C12H16S2.C12H22.C11H17NO2S2.C11H15NS2/c1-7(2)10-5-9-6-11(8(3)4)14-12(9)13-10;1-7(2)9-5-11-12(13-9)6-10(14-11)8(3)4;1-7(2)10-5-9-6-11(8(3)4)14-12(9)13-10;1-9(2)11-5-7-12(8-6-11)10(3)4;1-7(2)9-5-11-10(15-9)6-12(8(3)4)16(11,13)14;1-6(2)8-5-9-11(13-8)12-10(14-9)7(3)4/h6-8H,5H2,1-4H3;2*5-8H,1-4H3;5,9-10,12H,6-8H2,1-4H3;5,7-8H,6H2,1-4H3;5-7H,1-4H3. The van der Waals surface area contributed by atoms with E-state index in [1.54, 1.807) is 21.2 Å². The fourth-order valence-corrected chi connectivity index (χ4v) is 21.3. The molecule has 0 fully saturated rings. The molecule has 14 heteroatoms. The van der Waals surface area contributed by atoms with Gasteiger partial charge in [-0.05, 0) is 146 Å². The molecule has 0 spiro atoms. The second-order valence-electron chi connectivity index (χ2n) is 26.9. The summed E-state index contributed by atoms with van der Waals surface area (Å²) < 4.78 is 31.8. The van der Waals surface area contributed by atoms with Crippen LogP contribution in [0.2, 0.25) is 0 Å². The molecule has 5 nitrogen and oxygen atoms in total. The molecule has 464 valence electrons. The zero-order chi connectivity index (χ0) is 62.4. The number of rotatable bonds is 12. The lowest BCUT2D eigenvalue weighted by molar-refractivity contribution is 0.344. The van der Waals surface area contributed by atoms with E-state index < -0.39 is 10.0 Å². The van der Waals surface area contributed by atoms with Crippen LogP contribution in [0.3, 0.4) is 0 Å². The van der Waals surface area contributed by atoms with Crippen LogP contribution in [0, 0.1) is 23.7 Å². The number of sulfonamides is 1. The Labute approximate surface area is 541 Å². The topological polar surface area (TPSA) is 62.6 Å². The van der Waals surface area contributed by atoms with Crippen LogP contribution in [0.1, 0.15) is 282 Å². The average Bonchev–Trinajstić information content (AvgIpc) is 3.69. The van der Waals surface area contributed by atoms with Crippen molar-refractivity contribution in [1.29, 1.82) is 0 Å². The molecule has 0 saturated carbocycles. The number of nitrogens with zero attached hydrogens (tertiary/aromatic N) is 3. The number of aromatic nitrogens is 1. The highest BCUT2D eigenvalue weighted by atomic mass is 32.2. The van der Waals surface area contributed by atoms with Crippen LogP contribution < -0.4 is 0 Å². The Morgan fingerprint density at radius 2 is 0.964 bits per heavy atom. The van der Waals surface area contributed by atoms with E-state index in [0.29, 0.717) is 64.7 Å². The number of aliphatic imine (C=N–C) groups is 1. The summed E-state index contributed by atoms with van der Waals surface area (Å²) in [5.41, 5.74) is 4.48. The second kappa shape index (κ2) is 30.9. The molecule has 0 aromatic carbocycles. The lowest BCUT2D eigenvalue weighted by Gasteiger charge is -2.26. The van der Waals surface area contributed by atoms with Crippen molar-refractivity contribution in [2.75, 3.05) is 0 Å². The summed E-state index contributed by atoms with van der Waals surface area (Å²) in [5.74, 6) is 8.10. The molecule has 0 bridgehead atoms. The van der Waals surface area contributed by atoms with Crippen molar-refractivity contribution in [2.45, 2.75) is 257 Å². The highest BCUT2D eigenvalue weighted by molar-refractivity contribution is 7.89. The van der Waals surface area contributed by atoms with E-state index in [-0.39, 0.29) is 6.04 Å². The predicted octanol–water partition coefficient (Wildman–Crippen LogP) is 26.0. The maximum absolute atomic E-state index is 12.2. The molecule has 0 saturated heterocycles. The van der Waals surface area contributed by atoms with Gasteiger partial charge in [0.1, 0.15) is 9.83 Å². The summed E-state index contributed by atoms with van der Waals surface area (Å²) in [5, 5.41) is 3.98. The number of fused-ring (bicyclic) bond motifs is 5. The molecule has 11 rings (SSSR count). The SMILES string of the molecule is CC(C)C1=CCC(C(C)C)CC1.CC(C)C1=Nc2sc(C(C)C)cc2C1.CC(C)c1cc2c(s1)CN(C(C)C)S2(=O)=O.CC(C)c1cc2cc(C(C)C)sc2s1.CC(C)c1cc2sc(C(C)C)cc2s1.CC(C)c1cc2sc(C(C)C)nc2s1. The lowest BCUT2D eigenvalue weighted by atomic mass is 9.80. The van der Waals surface area contributed by atoms with Crippen LogP contribution in [0.5, 0.6) is 0 Å². The molecule has 0 amide bonds. The maximum Gasteiger partial charge on any atom is 0.244 e. The maximum atomic E-state index is 12.2.